The van der Waals surface area contributed by atoms with E-state index in [2.05, 4.69) is 4.98 Å². The minimum Gasteiger partial charge on any atom is -0.506 e. The van der Waals surface area contributed by atoms with Crippen LogP contribution in [0.15, 0.2) is 23.4 Å². The molecule has 6 heteroatoms. The minimum atomic E-state index is -3.74. The molecule has 0 aromatic carbocycles. The molecule has 0 aliphatic heterocycles. The summed E-state index contributed by atoms with van der Waals surface area (Å²) in [5.41, 5.74) is 0. The number of hydrogen-bond acceptors (Lipinski definition) is 4. The van der Waals surface area contributed by atoms with E-state index in [0.29, 0.717) is 0 Å². The van der Waals surface area contributed by atoms with E-state index in [1.165, 1.54) is 6.07 Å². The van der Waals surface area contributed by atoms with Gasteiger partial charge in [-0.1, -0.05) is 0 Å². The Bertz CT molecular complexity index is 342. The lowest BCUT2D eigenvalue weighted by Gasteiger charge is -1.94. The first-order valence-corrected chi connectivity index (χ1v) is 4.22. The van der Waals surface area contributed by atoms with Crippen molar-refractivity contribution in [3.8, 4) is 5.75 Å². The van der Waals surface area contributed by atoms with Gasteiger partial charge in [0.2, 0.25) is 0 Å². The van der Waals surface area contributed by atoms with Crippen molar-refractivity contribution >= 4 is 10.0 Å². The zero-order valence-electron chi connectivity index (χ0n) is 5.43. The molecule has 5 nitrogen and oxygen atoms in total. The van der Waals surface area contributed by atoms with Crippen LogP contribution in [-0.2, 0) is 10.0 Å². The highest BCUT2D eigenvalue weighted by Crippen LogP contribution is 2.08. The second kappa shape index (κ2) is 2.48. The number of primary sulfonamides is 1. The molecular formula is C5H6N2O3S. The van der Waals surface area contributed by atoms with Crippen molar-refractivity contribution in [2.24, 2.45) is 5.14 Å². The number of aromatic hydroxyl groups is 1. The summed E-state index contributed by atoms with van der Waals surface area (Å²) in [6, 6.07) is 2.33. The lowest BCUT2D eigenvalue weighted by atomic mass is 10.5. The maximum atomic E-state index is 10.6. The van der Waals surface area contributed by atoms with E-state index in [0.717, 1.165) is 12.3 Å². The van der Waals surface area contributed by atoms with Crippen LogP contribution >= 0.6 is 0 Å². The van der Waals surface area contributed by atoms with Crippen molar-refractivity contribution in [2.75, 3.05) is 0 Å². The molecule has 0 unspecified atom stereocenters. The van der Waals surface area contributed by atoms with Gasteiger partial charge in [0.15, 0.2) is 5.03 Å². The van der Waals surface area contributed by atoms with Crippen molar-refractivity contribution in [3.05, 3.63) is 18.3 Å². The van der Waals surface area contributed by atoms with Crippen LogP contribution in [-0.4, -0.2) is 18.5 Å². The molecule has 60 valence electrons. The van der Waals surface area contributed by atoms with Gasteiger partial charge in [0.05, 0.1) is 6.20 Å². The number of nitrogens with two attached hydrogens (primary N) is 1. The summed E-state index contributed by atoms with van der Waals surface area (Å²) < 4.78 is 21.2. The second-order valence-electron chi connectivity index (χ2n) is 1.90. The molecule has 0 aliphatic rings. The quantitative estimate of drug-likeness (QED) is 0.596. The molecule has 0 saturated heterocycles. The molecule has 0 bridgehead atoms. The van der Waals surface area contributed by atoms with Crippen LogP contribution in [0.2, 0.25) is 0 Å². The smallest absolute Gasteiger partial charge is 0.255 e. The van der Waals surface area contributed by atoms with Crippen molar-refractivity contribution < 1.29 is 13.5 Å². The van der Waals surface area contributed by atoms with Crippen LogP contribution in [0, 0.1) is 0 Å². The van der Waals surface area contributed by atoms with Crippen LogP contribution in [0.4, 0.5) is 0 Å². The third-order valence-electron chi connectivity index (χ3n) is 1.01. The third-order valence-corrected chi connectivity index (χ3v) is 1.84. The van der Waals surface area contributed by atoms with Gasteiger partial charge in [-0.25, -0.2) is 18.5 Å². The van der Waals surface area contributed by atoms with E-state index < -0.39 is 10.0 Å². The summed E-state index contributed by atoms with van der Waals surface area (Å²) >= 11 is 0. The normalized spacial score (nSPS) is 11.4. The average Bonchev–Trinajstić information content (AvgIpc) is 1.86. The van der Waals surface area contributed by atoms with E-state index in [4.69, 9.17) is 10.2 Å². The van der Waals surface area contributed by atoms with Gasteiger partial charge in [0.1, 0.15) is 5.75 Å². The molecular weight excluding hydrogens is 168 g/mol. The number of sulfonamides is 1. The van der Waals surface area contributed by atoms with E-state index in [1.54, 1.807) is 0 Å². The highest BCUT2D eigenvalue weighted by Gasteiger charge is 2.07. The van der Waals surface area contributed by atoms with E-state index in [9.17, 15) is 8.42 Å². The van der Waals surface area contributed by atoms with E-state index in [-0.39, 0.29) is 10.8 Å². The van der Waals surface area contributed by atoms with Crippen molar-refractivity contribution in [1.29, 1.82) is 0 Å². The summed E-state index contributed by atoms with van der Waals surface area (Å²) in [7, 11) is -3.74. The van der Waals surface area contributed by atoms with Crippen molar-refractivity contribution in [2.45, 2.75) is 5.03 Å². The number of rotatable bonds is 1. The summed E-state index contributed by atoms with van der Waals surface area (Å²) in [6.45, 7) is 0. The van der Waals surface area contributed by atoms with E-state index >= 15 is 0 Å². The maximum Gasteiger partial charge on any atom is 0.255 e. The molecule has 1 aromatic rings. The van der Waals surface area contributed by atoms with Gasteiger partial charge in [-0.15, -0.1) is 0 Å². The Labute approximate surface area is 63.5 Å². The summed E-state index contributed by atoms with van der Waals surface area (Å²) in [4.78, 5) is 3.39. The fraction of sp³-hybridized carbons (Fsp3) is 0. The van der Waals surface area contributed by atoms with Gasteiger partial charge < -0.3 is 5.11 Å². The van der Waals surface area contributed by atoms with Crippen LogP contribution in [0.25, 0.3) is 0 Å². The Balaban J connectivity index is 3.20. The summed E-state index contributed by atoms with van der Waals surface area (Å²) in [5, 5.41) is 13.2. The molecule has 0 radical (unpaired) electrons. The van der Waals surface area contributed by atoms with Gasteiger partial charge in [0.25, 0.3) is 10.0 Å². The molecule has 1 rings (SSSR count). The summed E-state index contributed by atoms with van der Waals surface area (Å²) in [5.74, 6) is -0.0996. The number of pyridine rings is 1. The van der Waals surface area contributed by atoms with Gasteiger partial charge in [-0.2, -0.15) is 0 Å². The van der Waals surface area contributed by atoms with Crippen LogP contribution in [0.5, 0.6) is 5.75 Å². The molecule has 0 atom stereocenters. The first-order chi connectivity index (χ1) is 5.00. The highest BCUT2D eigenvalue weighted by atomic mass is 32.2. The number of hydrogen-bond donors (Lipinski definition) is 2. The van der Waals surface area contributed by atoms with Crippen LogP contribution in [0.1, 0.15) is 0 Å². The highest BCUT2D eigenvalue weighted by molar-refractivity contribution is 7.89. The van der Waals surface area contributed by atoms with Gasteiger partial charge in [-0.3, -0.25) is 0 Å². The standard InChI is InChI=1S/C5H6N2O3S/c6-11(9,10)5-2-1-4(8)3-7-5/h1-3,8H,(H2,6,9,10). The summed E-state index contributed by atoms with van der Waals surface area (Å²) in [6.07, 6.45) is 1.01. The monoisotopic (exact) mass is 174 g/mol. The predicted molar refractivity (Wildman–Crippen MR) is 37.3 cm³/mol. The van der Waals surface area contributed by atoms with Crippen molar-refractivity contribution in [3.63, 3.8) is 0 Å². The van der Waals surface area contributed by atoms with Gasteiger partial charge in [-0.05, 0) is 12.1 Å². The Hall–Kier alpha value is -1.14. The SMILES string of the molecule is NS(=O)(=O)c1ccc(O)cn1. The van der Waals surface area contributed by atoms with Gasteiger partial charge >= 0.3 is 0 Å². The van der Waals surface area contributed by atoms with Gasteiger partial charge in [0, 0.05) is 0 Å². The molecule has 0 saturated carbocycles. The Morgan fingerprint density at radius 1 is 1.45 bits per heavy atom. The topological polar surface area (TPSA) is 93.3 Å². The Morgan fingerprint density at radius 2 is 2.09 bits per heavy atom. The van der Waals surface area contributed by atoms with Crippen LogP contribution in [0.3, 0.4) is 0 Å². The maximum absolute atomic E-state index is 10.6. The van der Waals surface area contributed by atoms with E-state index in [1.807, 2.05) is 0 Å². The lowest BCUT2D eigenvalue weighted by molar-refractivity contribution is 0.471. The molecule has 0 aliphatic carbocycles. The number of nitrogens with zero attached hydrogens (tertiary/aromatic N) is 1. The average molecular weight is 174 g/mol. The Morgan fingerprint density at radius 3 is 2.45 bits per heavy atom. The molecule has 0 amide bonds. The molecule has 1 aromatic heterocycles. The first kappa shape index (κ1) is 7.96. The molecule has 1 heterocycles. The predicted octanol–water partition coefficient (Wildman–Crippen LogP) is -0.565. The first-order valence-electron chi connectivity index (χ1n) is 2.68. The third kappa shape index (κ3) is 1.89. The van der Waals surface area contributed by atoms with Crippen molar-refractivity contribution in [1.82, 2.24) is 4.98 Å². The molecule has 0 spiro atoms. The second-order valence-corrected chi connectivity index (χ2v) is 3.41. The number of aromatic nitrogens is 1. The fourth-order valence-corrected chi connectivity index (χ4v) is 0.998. The fourth-order valence-electron chi connectivity index (χ4n) is 0.541. The minimum absolute atomic E-state index is 0.0996. The largest absolute Gasteiger partial charge is 0.506 e. The molecule has 0 fully saturated rings. The molecule has 3 N–H and O–H groups in total. The lowest BCUT2D eigenvalue weighted by Crippen LogP contribution is -2.13. The Kier molecular flexibility index (Phi) is 1.79. The van der Waals surface area contributed by atoms with Crippen LogP contribution < -0.4 is 5.14 Å². The zero-order valence-corrected chi connectivity index (χ0v) is 6.25. The molecule has 11 heavy (non-hydrogen) atoms. The zero-order chi connectivity index (χ0) is 8.48.